The minimum Gasteiger partial charge on any atom is -0.455 e. The average molecular weight is 525 g/mol. The van der Waals surface area contributed by atoms with E-state index in [4.69, 9.17) is 4.42 Å². The van der Waals surface area contributed by atoms with Crippen LogP contribution in [0.1, 0.15) is 47.9 Å². The Labute approximate surface area is 226 Å². The van der Waals surface area contributed by atoms with Gasteiger partial charge >= 0.3 is 0 Å². The highest BCUT2D eigenvalue weighted by Crippen LogP contribution is 2.41. The Kier molecular flexibility index (Phi) is 6.03. The number of benzene rings is 3. The van der Waals surface area contributed by atoms with Gasteiger partial charge < -0.3 is 4.42 Å². The van der Waals surface area contributed by atoms with Gasteiger partial charge in [0.2, 0.25) is 11.2 Å². The highest BCUT2D eigenvalue weighted by Gasteiger charge is 2.28. The van der Waals surface area contributed by atoms with Gasteiger partial charge in [0.1, 0.15) is 24.0 Å². The van der Waals surface area contributed by atoms with Crippen molar-refractivity contribution >= 4 is 46.1 Å². The van der Waals surface area contributed by atoms with Crippen LogP contribution in [0.5, 0.6) is 0 Å². The fraction of sp³-hybridized carbons (Fsp3) is 0.382. The summed E-state index contributed by atoms with van der Waals surface area (Å²) in [5.41, 5.74) is 9.58. The number of furan rings is 1. The number of nitrogens with zero attached hydrogens (tertiary/aromatic N) is 1. The molecule has 196 valence electrons. The number of rotatable bonds is 4. The molecular formula is C34H39FNOSi+. The highest BCUT2D eigenvalue weighted by atomic mass is 28.3. The van der Waals surface area contributed by atoms with Gasteiger partial charge in [-0.2, -0.15) is 4.57 Å². The largest absolute Gasteiger partial charge is 0.455 e. The number of hydrogen-bond acceptors (Lipinski definition) is 1. The second-order valence-corrected chi connectivity index (χ2v) is 17.7. The smallest absolute Gasteiger partial charge is 0.217 e. The van der Waals surface area contributed by atoms with Crippen LogP contribution in [0.2, 0.25) is 19.6 Å². The van der Waals surface area contributed by atoms with E-state index in [-0.39, 0.29) is 5.82 Å². The Morgan fingerprint density at radius 3 is 2.29 bits per heavy atom. The number of aryl methyl sites for hydroxylation is 3. The van der Waals surface area contributed by atoms with Crippen LogP contribution in [-0.2, 0) is 13.5 Å². The fourth-order valence-electron chi connectivity index (χ4n) is 6.57. The van der Waals surface area contributed by atoms with Crippen molar-refractivity contribution in [3.05, 3.63) is 70.5 Å². The predicted octanol–water partition coefficient (Wildman–Crippen LogP) is 8.57. The Bertz CT molecular complexity index is 1730. The molecule has 0 saturated heterocycles. The summed E-state index contributed by atoms with van der Waals surface area (Å²) in [6.07, 6.45) is 6.47. The van der Waals surface area contributed by atoms with Crippen LogP contribution in [0.4, 0.5) is 4.39 Å². The van der Waals surface area contributed by atoms with E-state index < -0.39 is 8.07 Å². The molecule has 0 unspecified atom stereocenters. The third-order valence-electron chi connectivity index (χ3n) is 9.12. The van der Waals surface area contributed by atoms with Gasteiger partial charge in [-0.15, -0.1) is 0 Å². The van der Waals surface area contributed by atoms with Crippen molar-refractivity contribution in [2.75, 3.05) is 0 Å². The lowest BCUT2D eigenvalue weighted by Crippen LogP contribution is -2.40. The summed E-state index contributed by atoms with van der Waals surface area (Å²) < 4.78 is 23.4. The molecule has 1 fully saturated rings. The van der Waals surface area contributed by atoms with Crippen molar-refractivity contribution in [1.82, 2.24) is 0 Å². The third kappa shape index (κ3) is 4.00. The standard InChI is InChI=1S/C34H39FNOSi/c1-20-16-28-27-14-15-29(35)22(3)33(27)37-34(28)32(21(20)2)31-18-24(17-23-10-8-9-11-23)26-13-12-25(38(5,6)7)19-30(26)36(31)4/h12-16,18-19,23H,8-11,17H2,1-7H3/q+1. The van der Waals surface area contributed by atoms with Gasteiger partial charge in [0.15, 0.2) is 0 Å². The van der Waals surface area contributed by atoms with Gasteiger partial charge in [0, 0.05) is 33.9 Å². The molecule has 0 bridgehead atoms. The van der Waals surface area contributed by atoms with Gasteiger partial charge in [-0.25, -0.2) is 4.39 Å². The monoisotopic (exact) mass is 524 g/mol. The Hall–Kier alpha value is -2.98. The van der Waals surface area contributed by atoms with E-state index in [0.29, 0.717) is 11.1 Å². The first-order valence-corrected chi connectivity index (χ1v) is 17.6. The lowest BCUT2D eigenvalue weighted by atomic mass is 9.91. The van der Waals surface area contributed by atoms with Crippen molar-refractivity contribution in [2.24, 2.45) is 13.0 Å². The molecule has 4 heteroatoms. The summed E-state index contributed by atoms with van der Waals surface area (Å²) in [4.78, 5) is 0. The van der Waals surface area contributed by atoms with Gasteiger partial charge in [-0.1, -0.05) is 56.6 Å². The first kappa shape index (κ1) is 25.3. The summed E-state index contributed by atoms with van der Waals surface area (Å²) in [6, 6.07) is 15.3. The molecule has 0 radical (unpaired) electrons. The number of fused-ring (bicyclic) bond motifs is 4. The summed E-state index contributed by atoms with van der Waals surface area (Å²) in [6.45, 7) is 13.4. The maximum absolute atomic E-state index is 14.5. The fourth-order valence-corrected chi connectivity index (χ4v) is 7.72. The number of aromatic nitrogens is 1. The first-order chi connectivity index (χ1) is 18.0. The Balaban J connectivity index is 1.70. The second-order valence-electron chi connectivity index (χ2n) is 12.7. The zero-order valence-corrected chi connectivity index (χ0v) is 24.9. The van der Waals surface area contributed by atoms with Gasteiger partial charge in [-0.05, 0) is 74.1 Å². The molecule has 0 spiro atoms. The average Bonchev–Trinajstić information content (AvgIpc) is 3.52. The second kappa shape index (κ2) is 9.05. The predicted molar refractivity (Wildman–Crippen MR) is 161 cm³/mol. The summed E-state index contributed by atoms with van der Waals surface area (Å²) >= 11 is 0. The quantitative estimate of drug-likeness (QED) is 0.170. The number of halogens is 1. The summed E-state index contributed by atoms with van der Waals surface area (Å²) in [5.74, 6) is 0.534. The van der Waals surface area contributed by atoms with E-state index in [0.717, 1.165) is 34.3 Å². The van der Waals surface area contributed by atoms with E-state index in [1.165, 1.54) is 64.2 Å². The first-order valence-electron chi connectivity index (χ1n) is 14.1. The molecule has 6 rings (SSSR count). The SMILES string of the molecule is Cc1cc2c(oc3c(C)c(F)ccc32)c(-c2cc(CC3CCCC3)c3ccc([Si](C)(C)C)cc3[n+]2C)c1C. The molecule has 0 aliphatic heterocycles. The van der Waals surface area contributed by atoms with Crippen molar-refractivity contribution in [2.45, 2.75) is 72.5 Å². The zero-order valence-electron chi connectivity index (χ0n) is 23.9. The molecule has 1 aliphatic carbocycles. The van der Waals surface area contributed by atoms with Crippen LogP contribution in [0.15, 0.2) is 46.9 Å². The highest BCUT2D eigenvalue weighted by molar-refractivity contribution is 6.88. The van der Waals surface area contributed by atoms with Crippen molar-refractivity contribution in [3.63, 3.8) is 0 Å². The molecule has 1 aliphatic rings. The third-order valence-corrected chi connectivity index (χ3v) is 11.2. The van der Waals surface area contributed by atoms with Crippen LogP contribution in [0.3, 0.4) is 0 Å². The van der Waals surface area contributed by atoms with Crippen molar-refractivity contribution in [1.29, 1.82) is 0 Å². The zero-order chi connectivity index (χ0) is 26.9. The minimum absolute atomic E-state index is 0.222. The van der Waals surface area contributed by atoms with Crippen LogP contribution in [0, 0.1) is 32.5 Å². The number of hydrogen-bond donors (Lipinski definition) is 0. The van der Waals surface area contributed by atoms with E-state index >= 15 is 0 Å². The Morgan fingerprint density at radius 1 is 0.868 bits per heavy atom. The van der Waals surface area contributed by atoms with Crippen LogP contribution < -0.4 is 9.75 Å². The van der Waals surface area contributed by atoms with Crippen LogP contribution >= 0.6 is 0 Å². The van der Waals surface area contributed by atoms with E-state index in [1.807, 2.05) is 13.0 Å². The minimum atomic E-state index is -1.49. The van der Waals surface area contributed by atoms with Gasteiger partial charge in [-0.3, -0.25) is 0 Å². The molecule has 2 nitrogen and oxygen atoms in total. The molecule has 2 aromatic heterocycles. The van der Waals surface area contributed by atoms with Crippen molar-refractivity contribution in [3.8, 4) is 11.3 Å². The summed E-state index contributed by atoms with van der Waals surface area (Å²) in [7, 11) is 0.712. The maximum Gasteiger partial charge on any atom is 0.217 e. The maximum atomic E-state index is 14.5. The molecule has 38 heavy (non-hydrogen) atoms. The topological polar surface area (TPSA) is 17.0 Å². The van der Waals surface area contributed by atoms with E-state index in [2.05, 4.69) is 75.4 Å². The molecule has 3 aromatic carbocycles. The van der Waals surface area contributed by atoms with E-state index in [1.54, 1.807) is 6.07 Å². The van der Waals surface area contributed by atoms with Gasteiger partial charge in [0.05, 0.1) is 13.6 Å². The molecule has 0 amide bonds. The normalized spacial score (nSPS) is 14.9. The molecule has 0 N–H and O–H groups in total. The lowest BCUT2D eigenvalue weighted by molar-refractivity contribution is -0.633. The summed E-state index contributed by atoms with van der Waals surface area (Å²) in [5, 5.41) is 4.90. The molecule has 1 saturated carbocycles. The number of pyridine rings is 1. The Morgan fingerprint density at radius 2 is 1.58 bits per heavy atom. The van der Waals surface area contributed by atoms with E-state index in [9.17, 15) is 4.39 Å². The van der Waals surface area contributed by atoms with Crippen LogP contribution in [-0.4, -0.2) is 8.07 Å². The molecular weight excluding hydrogens is 485 g/mol. The van der Waals surface area contributed by atoms with Crippen molar-refractivity contribution < 1.29 is 13.4 Å². The molecule has 2 heterocycles. The molecule has 0 atom stereocenters. The lowest BCUT2D eigenvalue weighted by Gasteiger charge is -2.19. The van der Waals surface area contributed by atoms with Crippen LogP contribution in [0.25, 0.3) is 44.1 Å². The van der Waals surface area contributed by atoms with Gasteiger partial charge in [0.25, 0.3) is 0 Å². The molecule has 5 aromatic rings.